The smallest absolute Gasteiger partial charge is 0.0627 e. The Bertz CT molecular complexity index is 416. The molecule has 2 fully saturated rings. The van der Waals surface area contributed by atoms with Crippen LogP contribution in [0, 0.1) is 5.92 Å². The van der Waals surface area contributed by atoms with Crippen LogP contribution in [0.3, 0.4) is 0 Å². The van der Waals surface area contributed by atoms with Crippen LogP contribution in [0.5, 0.6) is 0 Å². The minimum absolute atomic E-state index is 0.599. The highest BCUT2D eigenvalue weighted by molar-refractivity contribution is 5.02. The van der Waals surface area contributed by atoms with E-state index in [1.807, 2.05) is 0 Å². The molecule has 3 heteroatoms. The molecule has 0 amide bonds. The molecule has 2 saturated carbocycles. The molecule has 0 spiro atoms. The van der Waals surface area contributed by atoms with Gasteiger partial charge < -0.3 is 5.32 Å². The number of nitrogens with zero attached hydrogens (tertiary/aromatic N) is 2. The van der Waals surface area contributed by atoms with Crippen LogP contribution in [-0.2, 0) is 6.42 Å². The minimum atomic E-state index is 0.599. The fourth-order valence-electron chi connectivity index (χ4n) is 3.33. The molecule has 3 rings (SSSR count). The highest BCUT2D eigenvalue weighted by atomic mass is 15.3. The molecular formula is C17H29N3. The van der Waals surface area contributed by atoms with E-state index in [1.165, 1.54) is 50.6 Å². The second-order valence-electron chi connectivity index (χ2n) is 6.99. The van der Waals surface area contributed by atoms with Gasteiger partial charge in [-0.2, -0.15) is 5.10 Å². The summed E-state index contributed by atoms with van der Waals surface area (Å²) in [7, 11) is 0. The SMILES string of the molecule is CC(Cc1ccn(C2CCCCC2)n1)C(C)NC1CC1. The quantitative estimate of drug-likeness (QED) is 0.857. The Morgan fingerprint density at radius 1 is 1.20 bits per heavy atom. The minimum Gasteiger partial charge on any atom is -0.311 e. The lowest BCUT2D eigenvalue weighted by Crippen LogP contribution is -2.34. The molecule has 0 bridgehead atoms. The number of nitrogens with one attached hydrogen (secondary N) is 1. The van der Waals surface area contributed by atoms with Crippen molar-refractivity contribution in [3.8, 4) is 0 Å². The van der Waals surface area contributed by atoms with Gasteiger partial charge in [0.25, 0.3) is 0 Å². The summed E-state index contributed by atoms with van der Waals surface area (Å²) in [5, 5.41) is 8.55. The van der Waals surface area contributed by atoms with E-state index in [9.17, 15) is 0 Å². The molecule has 2 aliphatic carbocycles. The number of rotatable bonds is 6. The molecule has 2 unspecified atom stereocenters. The van der Waals surface area contributed by atoms with Gasteiger partial charge in [-0.05, 0) is 51.0 Å². The molecule has 0 aromatic carbocycles. The monoisotopic (exact) mass is 275 g/mol. The summed E-state index contributed by atoms with van der Waals surface area (Å²) in [4.78, 5) is 0. The Labute approximate surface area is 123 Å². The Kier molecular flexibility index (Phi) is 4.45. The van der Waals surface area contributed by atoms with Crippen LogP contribution >= 0.6 is 0 Å². The predicted molar refractivity (Wildman–Crippen MR) is 82.8 cm³/mol. The van der Waals surface area contributed by atoms with Crippen molar-refractivity contribution < 1.29 is 0 Å². The van der Waals surface area contributed by atoms with Crippen molar-refractivity contribution in [1.29, 1.82) is 0 Å². The van der Waals surface area contributed by atoms with Crippen LogP contribution in [-0.4, -0.2) is 21.9 Å². The molecule has 0 saturated heterocycles. The van der Waals surface area contributed by atoms with Gasteiger partial charge in [-0.25, -0.2) is 0 Å². The van der Waals surface area contributed by atoms with Gasteiger partial charge in [0.1, 0.15) is 0 Å². The van der Waals surface area contributed by atoms with Crippen molar-refractivity contribution in [2.24, 2.45) is 5.92 Å². The fourth-order valence-corrected chi connectivity index (χ4v) is 3.33. The maximum absolute atomic E-state index is 4.84. The molecule has 1 heterocycles. The number of hydrogen-bond donors (Lipinski definition) is 1. The molecule has 20 heavy (non-hydrogen) atoms. The lowest BCUT2D eigenvalue weighted by molar-refractivity contribution is 0.325. The van der Waals surface area contributed by atoms with Crippen LogP contribution in [0.15, 0.2) is 12.3 Å². The first-order chi connectivity index (χ1) is 9.72. The molecule has 1 aromatic rings. The van der Waals surface area contributed by atoms with Crippen LogP contribution in [0.1, 0.15) is 70.5 Å². The molecule has 0 aliphatic heterocycles. The maximum Gasteiger partial charge on any atom is 0.0627 e. The van der Waals surface area contributed by atoms with E-state index in [2.05, 4.69) is 36.1 Å². The predicted octanol–water partition coefficient (Wildman–Crippen LogP) is 3.71. The van der Waals surface area contributed by atoms with E-state index in [4.69, 9.17) is 5.10 Å². The zero-order chi connectivity index (χ0) is 13.9. The molecular weight excluding hydrogens is 246 g/mol. The largest absolute Gasteiger partial charge is 0.311 e. The van der Waals surface area contributed by atoms with Gasteiger partial charge in [0.15, 0.2) is 0 Å². The molecule has 1 aromatic heterocycles. The zero-order valence-corrected chi connectivity index (χ0v) is 13.0. The zero-order valence-electron chi connectivity index (χ0n) is 13.0. The Morgan fingerprint density at radius 3 is 2.65 bits per heavy atom. The second-order valence-corrected chi connectivity index (χ2v) is 6.99. The van der Waals surface area contributed by atoms with Gasteiger partial charge in [0.05, 0.1) is 11.7 Å². The summed E-state index contributed by atoms with van der Waals surface area (Å²) in [6.45, 7) is 4.67. The molecule has 2 atom stereocenters. The van der Waals surface area contributed by atoms with E-state index in [0.29, 0.717) is 18.0 Å². The third-order valence-electron chi connectivity index (χ3n) is 5.07. The van der Waals surface area contributed by atoms with Gasteiger partial charge in [-0.1, -0.05) is 26.2 Å². The standard InChI is InChI=1S/C17H29N3/c1-13(14(2)18-15-8-9-15)12-16-10-11-20(19-16)17-6-4-3-5-7-17/h10-11,13-15,17-18H,3-9,12H2,1-2H3. The number of aromatic nitrogens is 2. The first-order valence-corrected chi connectivity index (χ1v) is 8.52. The Morgan fingerprint density at radius 2 is 1.95 bits per heavy atom. The summed E-state index contributed by atoms with van der Waals surface area (Å²) in [6.07, 6.45) is 12.8. The van der Waals surface area contributed by atoms with E-state index in [1.54, 1.807) is 0 Å². The fraction of sp³-hybridized carbons (Fsp3) is 0.824. The van der Waals surface area contributed by atoms with Crippen molar-refractivity contribution in [3.05, 3.63) is 18.0 Å². The Hall–Kier alpha value is -0.830. The molecule has 0 radical (unpaired) electrons. The van der Waals surface area contributed by atoms with Gasteiger partial charge in [0, 0.05) is 18.3 Å². The maximum atomic E-state index is 4.84. The molecule has 112 valence electrons. The van der Waals surface area contributed by atoms with Crippen molar-refractivity contribution in [1.82, 2.24) is 15.1 Å². The van der Waals surface area contributed by atoms with Crippen LogP contribution in [0.25, 0.3) is 0 Å². The van der Waals surface area contributed by atoms with Crippen molar-refractivity contribution in [2.75, 3.05) is 0 Å². The molecule has 3 nitrogen and oxygen atoms in total. The highest BCUT2D eigenvalue weighted by Gasteiger charge is 2.25. The first-order valence-electron chi connectivity index (χ1n) is 8.52. The van der Waals surface area contributed by atoms with Crippen LogP contribution in [0.2, 0.25) is 0 Å². The van der Waals surface area contributed by atoms with Crippen molar-refractivity contribution in [2.45, 2.75) is 83.3 Å². The summed E-state index contributed by atoms with van der Waals surface area (Å²) in [5.41, 5.74) is 1.27. The first kappa shape index (κ1) is 14.1. The Balaban J connectivity index is 1.52. The summed E-state index contributed by atoms with van der Waals surface area (Å²) < 4.78 is 2.24. The van der Waals surface area contributed by atoms with Gasteiger partial charge in [0.2, 0.25) is 0 Å². The average Bonchev–Trinajstić information content (AvgIpc) is 3.16. The second kappa shape index (κ2) is 6.30. The normalized spacial score (nSPS) is 23.7. The number of hydrogen-bond acceptors (Lipinski definition) is 2. The van der Waals surface area contributed by atoms with Crippen LogP contribution in [0.4, 0.5) is 0 Å². The lowest BCUT2D eigenvalue weighted by Gasteiger charge is -2.22. The third-order valence-corrected chi connectivity index (χ3v) is 5.07. The summed E-state index contributed by atoms with van der Waals surface area (Å²) in [6, 6.07) is 4.29. The lowest BCUT2D eigenvalue weighted by atomic mass is 9.96. The van der Waals surface area contributed by atoms with E-state index >= 15 is 0 Å². The van der Waals surface area contributed by atoms with E-state index < -0.39 is 0 Å². The van der Waals surface area contributed by atoms with E-state index in [-0.39, 0.29) is 0 Å². The molecule has 1 N–H and O–H groups in total. The summed E-state index contributed by atoms with van der Waals surface area (Å²) >= 11 is 0. The highest BCUT2D eigenvalue weighted by Crippen LogP contribution is 2.28. The molecule has 2 aliphatic rings. The average molecular weight is 275 g/mol. The van der Waals surface area contributed by atoms with Crippen LogP contribution < -0.4 is 5.32 Å². The van der Waals surface area contributed by atoms with Gasteiger partial charge in [-0.15, -0.1) is 0 Å². The third kappa shape index (κ3) is 3.63. The summed E-state index contributed by atoms with van der Waals surface area (Å²) in [5.74, 6) is 0.658. The van der Waals surface area contributed by atoms with Gasteiger partial charge in [-0.3, -0.25) is 4.68 Å². The van der Waals surface area contributed by atoms with Crippen molar-refractivity contribution in [3.63, 3.8) is 0 Å². The van der Waals surface area contributed by atoms with Crippen molar-refractivity contribution >= 4 is 0 Å². The van der Waals surface area contributed by atoms with E-state index in [0.717, 1.165) is 12.5 Å². The van der Waals surface area contributed by atoms with Gasteiger partial charge >= 0.3 is 0 Å². The topological polar surface area (TPSA) is 29.9 Å².